The van der Waals surface area contributed by atoms with Gasteiger partial charge in [0.15, 0.2) is 12.2 Å². The Morgan fingerprint density at radius 1 is 0.393 bits per heavy atom. The van der Waals surface area contributed by atoms with Crippen LogP contribution >= 0.6 is 15.6 Å². The molecule has 17 nitrogen and oxygen atoms in total. The first-order chi connectivity index (χ1) is 29.2. The highest BCUT2D eigenvalue weighted by Gasteiger charge is 2.30. The minimum absolute atomic E-state index is 0.0880. The summed E-state index contributed by atoms with van der Waals surface area (Å²) in [5, 5.41) is 10.3. The lowest BCUT2D eigenvalue weighted by molar-refractivity contribution is -0.161. The summed E-state index contributed by atoms with van der Waals surface area (Å²) in [5.41, 5.74) is 0. The van der Waals surface area contributed by atoms with Gasteiger partial charge in [-0.1, -0.05) is 137 Å². The Morgan fingerprint density at radius 2 is 0.656 bits per heavy atom. The van der Waals surface area contributed by atoms with E-state index in [1.165, 1.54) is 19.3 Å². The maximum atomic E-state index is 12.7. The third kappa shape index (κ3) is 38.3. The van der Waals surface area contributed by atoms with Crippen molar-refractivity contribution in [3.8, 4) is 0 Å². The molecule has 0 rings (SSSR count). The second-order valence-electron chi connectivity index (χ2n) is 15.4. The Bertz CT molecular complexity index is 1240. The first-order valence-electron chi connectivity index (χ1n) is 22.8. The van der Waals surface area contributed by atoms with Crippen LogP contribution in [-0.4, -0.2) is 96.7 Å². The second-order valence-corrected chi connectivity index (χ2v) is 18.3. The fourth-order valence-electron chi connectivity index (χ4n) is 5.74. The standard InChI is InChI=1S/C42H80O17P2/c1-5-9-13-15-17-19-21-25-29-42(47)59-38(33-53-40(45)27-24-20-18-16-14-10-6-2)35-57-61(50,51)55-31-36(43)30-54-60(48,49)56-34-37(58-41(46)28-23-12-8-4)32-52-39(44)26-22-11-7-3/h36-38,43H,5-35H2,1-4H3,(H,48,49)(H,50,51)/t36-,37-,38-/m1/s1. The van der Waals surface area contributed by atoms with Crippen LogP contribution in [-0.2, 0) is 65.4 Å². The third-order valence-corrected chi connectivity index (χ3v) is 11.3. The van der Waals surface area contributed by atoms with E-state index in [4.69, 9.17) is 37.0 Å². The SMILES string of the molecule is CCCCCCCCCCC(=O)O[C@H](COC(=O)CCCCCCCCC)COP(=O)(O)OC[C@H](O)COP(=O)(O)OC[C@@H](COC(=O)CCCCC)OC(=O)CCCCC. The molecule has 19 heteroatoms. The number of ether oxygens (including phenoxy) is 4. The monoisotopic (exact) mass is 918 g/mol. The van der Waals surface area contributed by atoms with Crippen LogP contribution in [0.1, 0.15) is 188 Å². The summed E-state index contributed by atoms with van der Waals surface area (Å²) in [6, 6.07) is 0. The Morgan fingerprint density at radius 3 is 1.00 bits per heavy atom. The lowest BCUT2D eigenvalue weighted by atomic mass is 10.1. The molecule has 0 fully saturated rings. The van der Waals surface area contributed by atoms with Crippen LogP contribution in [0, 0.1) is 0 Å². The number of phosphoric acid groups is 2. The summed E-state index contributed by atoms with van der Waals surface area (Å²) < 4.78 is 66.1. The molecule has 0 bridgehead atoms. The number of carbonyl (C=O) groups is 4. The van der Waals surface area contributed by atoms with Gasteiger partial charge in [-0.05, 0) is 25.7 Å². The van der Waals surface area contributed by atoms with Crippen LogP contribution in [0.4, 0.5) is 0 Å². The summed E-state index contributed by atoms with van der Waals surface area (Å²) >= 11 is 0. The maximum absolute atomic E-state index is 12.7. The highest BCUT2D eigenvalue weighted by Crippen LogP contribution is 2.45. The summed E-state index contributed by atoms with van der Waals surface area (Å²) in [7, 11) is -9.80. The van der Waals surface area contributed by atoms with Crippen molar-refractivity contribution in [3.63, 3.8) is 0 Å². The first kappa shape index (κ1) is 59.1. The van der Waals surface area contributed by atoms with Gasteiger partial charge in [0.05, 0.1) is 26.4 Å². The highest BCUT2D eigenvalue weighted by atomic mass is 31.2. The topological polar surface area (TPSA) is 237 Å². The molecule has 0 amide bonds. The number of aliphatic hydroxyl groups is 1. The van der Waals surface area contributed by atoms with E-state index in [9.17, 15) is 43.2 Å². The molecule has 0 heterocycles. The van der Waals surface area contributed by atoms with Crippen LogP contribution in [0.15, 0.2) is 0 Å². The molecule has 0 aromatic heterocycles. The Kier molecular flexibility index (Phi) is 37.3. The van der Waals surface area contributed by atoms with E-state index >= 15 is 0 Å². The predicted octanol–water partition coefficient (Wildman–Crippen LogP) is 9.36. The zero-order valence-corrected chi connectivity index (χ0v) is 39.4. The molecule has 3 N–H and O–H groups in total. The van der Waals surface area contributed by atoms with E-state index in [1.807, 2.05) is 13.8 Å². The molecule has 0 saturated heterocycles. The number of unbranched alkanes of at least 4 members (excludes halogenated alkanes) is 17. The van der Waals surface area contributed by atoms with E-state index in [-0.39, 0.29) is 25.7 Å². The van der Waals surface area contributed by atoms with E-state index in [2.05, 4.69) is 13.8 Å². The quantitative estimate of drug-likeness (QED) is 0.0223. The van der Waals surface area contributed by atoms with Crippen molar-refractivity contribution in [1.29, 1.82) is 0 Å². The van der Waals surface area contributed by atoms with Gasteiger partial charge in [-0.25, -0.2) is 9.13 Å². The summed E-state index contributed by atoms with van der Waals surface area (Å²) in [6.07, 6.45) is 16.2. The first-order valence-corrected chi connectivity index (χ1v) is 25.8. The van der Waals surface area contributed by atoms with Crippen LogP contribution in [0.25, 0.3) is 0 Å². The maximum Gasteiger partial charge on any atom is 0.472 e. The fourth-order valence-corrected chi connectivity index (χ4v) is 7.32. The van der Waals surface area contributed by atoms with E-state index in [1.54, 1.807) is 0 Å². The van der Waals surface area contributed by atoms with Gasteiger partial charge in [-0.3, -0.25) is 37.3 Å². The Labute approximate surface area is 365 Å². The van der Waals surface area contributed by atoms with Crippen molar-refractivity contribution < 1.29 is 80.2 Å². The van der Waals surface area contributed by atoms with Crippen molar-refractivity contribution >= 4 is 39.5 Å². The summed E-state index contributed by atoms with van der Waals surface area (Å²) in [5.74, 6) is -2.22. The molecule has 61 heavy (non-hydrogen) atoms. The molecule has 2 unspecified atom stereocenters. The summed E-state index contributed by atoms with van der Waals surface area (Å²) in [6.45, 7) is 4.27. The molecule has 0 aliphatic heterocycles. The van der Waals surface area contributed by atoms with Gasteiger partial charge in [0.1, 0.15) is 19.3 Å². The molecule has 0 radical (unpaired) electrons. The van der Waals surface area contributed by atoms with Crippen LogP contribution in [0.2, 0.25) is 0 Å². The largest absolute Gasteiger partial charge is 0.472 e. The number of carbonyl (C=O) groups excluding carboxylic acids is 4. The minimum atomic E-state index is -4.91. The van der Waals surface area contributed by atoms with Gasteiger partial charge in [-0.15, -0.1) is 0 Å². The predicted molar refractivity (Wildman–Crippen MR) is 229 cm³/mol. The number of hydrogen-bond donors (Lipinski definition) is 3. The average molecular weight is 919 g/mol. The lowest BCUT2D eigenvalue weighted by Gasteiger charge is -2.21. The van der Waals surface area contributed by atoms with Gasteiger partial charge in [0.25, 0.3) is 0 Å². The number of phosphoric ester groups is 2. The number of rotatable bonds is 43. The van der Waals surface area contributed by atoms with Gasteiger partial charge >= 0.3 is 39.5 Å². The number of hydrogen-bond acceptors (Lipinski definition) is 15. The van der Waals surface area contributed by atoms with E-state index in [0.29, 0.717) is 25.7 Å². The molecule has 0 aromatic carbocycles. The molecule has 0 aliphatic rings. The van der Waals surface area contributed by atoms with Crippen LogP contribution in [0.5, 0.6) is 0 Å². The molecule has 0 aliphatic carbocycles. The van der Waals surface area contributed by atoms with E-state index < -0.39 is 97.5 Å². The van der Waals surface area contributed by atoms with Crippen molar-refractivity contribution in [2.24, 2.45) is 0 Å². The van der Waals surface area contributed by atoms with Gasteiger partial charge < -0.3 is 33.8 Å². The van der Waals surface area contributed by atoms with Crippen LogP contribution < -0.4 is 0 Å². The van der Waals surface area contributed by atoms with Crippen molar-refractivity contribution in [3.05, 3.63) is 0 Å². The Balaban J connectivity index is 5.08. The molecule has 0 saturated carbocycles. The number of aliphatic hydroxyl groups excluding tert-OH is 1. The molecule has 0 spiro atoms. The van der Waals surface area contributed by atoms with Gasteiger partial charge in [-0.2, -0.15) is 0 Å². The fraction of sp³-hybridized carbons (Fsp3) is 0.905. The van der Waals surface area contributed by atoms with Crippen LogP contribution in [0.3, 0.4) is 0 Å². The molecular formula is C42H80O17P2. The average Bonchev–Trinajstić information content (AvgIpc) is 3.22. The van der Waals surface area contributed by atoms with Crippen molar-refractivity contribution in [2.45, 2.75) is 207 Å². The molecular weight excluding hydrogens is 838 g/mol. The van der Waals surface area contributed by atoms with Crippen molar-refractivity contribution in [1.82, 2.24) is 0 Å². The number of esters is 4. The molecule has 0 aromatic rings. The van der Waals surface area contributed by atoms with Gasteiger partial charge in [0.2, 0.25) is 0 Å². The van der Waals surface area contributed by atoms with E-state index in [0.717, 1.165) is 89.9 Å². The lowest BCUT2D eigenvalue weighted by Crippen LogP contribution is -2.30. The third-order valence-electron chi connectivity index (χ3n) is 9.35. The molecule has 360 valence electrons. The van der Waals surface area contributed by atoms with Gasteiger partial charge in [0, 0.05) is 25.7 Å². The summed E-state index contributed by atoms with van der Waals surface area (Å²) in [4.78, 5) is 70.0. The zero-order chi connectivity index (χ0) is 45.6. The second kappa shape index (κ2) is 38.5. The smallest absolute Gasteiger partial charge is 0.462 e. The highest BCUT2D eigenvalue weighted by molar-refractivity contribution is 7.47. The normalized spacial score (nSPS) is 14.9. The minimum Gasteiger partial charge on any atom is -0.462 e. The van der Waals surface area contributed by atoms with Crippen molar-refractivity contribution in [2.75, 3.05) is 39.6 Å². The molecule has 5 atom stereocenters. The Hall–Kier alpha value is -1.94. The zero-order valence-electron chi connectivity index (χ0n) is 37.6.